The van der Waals surface area contributed by atoms with Crippen LogP contribution in [-0.4, -0.2) is 51.3 Å². The molecule has 0 aliphatic carbocycles. The van der Waals surface area contributed by atoms with Crippen molar-refractivity contribution in [2.45, 2.75) is 13.0 Å². The van der Waals surface area contributed by atoms with E-state index in [-0.39, 0.29) is 24.5 Å². The predicted molar refractivity (Wildman–Crippen MR) is 112 cm³/mol. The van der Waals surface area contributed by atoms with Crippen LogP contribution < -0.4 is 0 Å². The van der Waals surface area contributed by atoms with Crippen molar-refractivity contribution in [2.75, 3.05) is 20.3 Å². The van der Waals surface area contributed by atoms with Crippen LogP contribution in [0.4, 0.5) is 0 Å². The second kappa shape index (κ2) is 7.93. The van der Waals surface area contributed by atoms with E-state index in [0.717, 1.165) is 0 Å². The van der Waals surface area contributed by atoms with Gasteiger partial charge in [-0.3, -0.25) is 14.0 Å². The quantitative estimate of drug-likeness (QED) is 0.385. The summed E-state index contributed by atoms with van der Waals surface area (Å²) in [5.74, 6) is -1.68. The summed E-state index contributed by atoms with van der Waals surface area (Å²) in [4.78, 5) is 31.7. The monoisotopic (exact) mass is 425 g/mol. The van der Waals surface area contributed by atoms with Gasteiger partial charge < -0.3 is 14.7 Å². The first kappa shape index (κ1) is 20.1. The molecule has 0 bridgehead atoms. The third-order valence-corrected chi connectivity index (χ3v) is 5.44. The third-order valence-electron chi connectivity index (χ3n) is 5.19. The standard InChI is InChI=1S/C22H20ClN3O4/c1-13-18(25-10-4-3-5-16(25)24-13)20(27)17-19(14-6-8-15(23)9-7-14)26(11-12-30-2)22(29)21(17)28/h3-10,19,27H,11-12H2,1-2H3/b20-17+. The van der Waals surface area contributed by atoms with E-state index in [1.54, 1.807) is 53.9 Å². The molecule has 3 aromatic rings. The number of aliphatic hydroxyl groups excluding tert-OH is 1. The highest BCUT2D eigenvalue weighted by molar-refractivity contribution is 6.46. The largest absolute Gasteiger partial charge is 0.505 e. The van der Waals surface area contributed by atoms with E-state index in [0.29, 0.717) is 27.6 Å². The summed E-state index contributed by atoms with van der Waals surface area (Å²) in [7, 11) is 1.52. The normalized spacial score (nSPS) is 18.5. The summed E-state index contributed by atoms with van der Waals surface area (Å²) >= 11 is 6.02. The van der Waals surface area contributed by atoms with Crippen LogP contribution in [0.5, 0.6) is 0 Å². The van der Waals surface area contributed by atoms with Crippen LogP contribution in [0.15, 0.2) is 54.2 Å². The Hall–Kier alpha value is -3.16. The average Bonchev–Trinajstić information content (AvgIpc) is 3.20. The third kappa shape index (κ3) is 3.26. The van der Waals surface area contributed by atoms with Crippen molar-refractivity contribution in [1.82, 2.24) is 14.3 Å². The van der Waals surface area contributed by atoms with Crippen molar-refractivity contribution < 1.29 is 19.4 Å². The van der Waals surface area contributed by atoms with E-state index in [4.69, 9.17) is 16.3 Å². The predicted octanol–water partition coefficient (Wildman–Crippen LogP) is 3.36. The number of rotatable bonds is 5. The number of aryl methyl sites for hydroxylation is 1. The molecule has 1 fully saturated rings. The maximum atomic E-state index is 13.0. The summed E-state index contributed by atoms with van der Waals surface area (Å²) in [5.41, 5.74) is 2.26. The molecule has 4 rings (SSSR count). The molecule has 1 aliphatic rings. The zero-order valence-corrected chi connectivity index (χ0v) is 17.3. The Bertz CT molecular complexity index is 1170. The van der Waals surface area contributed by atoms with E-state index in [1.165, 1.54) is 12.0 Å². The Kier molecular flexibility index (Phi) is 5.32. The van der Waals surface area contributed by atoms with Crippen LogP contribution in [0.1, 0.15) is 23.0 Å². The number of methoxy groups -OCH3 is 1. The molecule has 3 heterocycles. The highest BCUT2D eigenvalue weighted by Crippen LogP contribution is 2.40. The van der Waals surface area contributed by atoms with Crippen molar-refractivity contribution in [1.29, 1.82) is 0 Å². The number of aliphatic hydroxyl groups is 1. The number of carbonyl (C=O) groups is 2. The van der Waals surface area contributed by atoms with Gasteiger partial charge in [-0.15, -0.1) is 0 Å². The molecule has 2 aromatic heterocycles. The Balaban J connectivity index is 1.94. The fourth-order valence-corrected chi connectivity index (χ4v) is 3.94. The average molecular weight is 426 g/mol. The Morgan fingerprint density at radius 2 is 1.93 bits per heavy atom. The van der Waals surface area contributed by atoms with Gasteiger partial charge >= 0.3 is 0 Å². The fourth-order valence-electron chi connectivity index (χ4n) is 3.82. The van der Waals surface area contributed by atoms with Crippen molar-refractivity contribution >= 4 is 34.7 Å². The summed E-state index contributed by atoms with van der Waals surface area (Å²) < 4.78 is 6.82. The lowest BCUT2D eigenvalue weighted by Gasteiger charge is -2.25. The molecule has 8 heteroatoms. The summed E-state index contributed by atoms with van der Waals surface area (Å²) in [6, 6.07) is 11.5. The lowest BCUT2D eigenvalue weighted by molar-refractivity contribution is -0.140. The highest BCUT2D eigenvalue weighted by Gasteiger charge is 2.46. The van der Waals surface area contributed by atoms with Gasteiger partial charge in [0.1, 0.15) is 11.3 Å². The van der Waals surface area contributed by atoms with E-state index in [9.17, 15) is 14.7 Å². The molecule has 1 aromatic carbocycles. The highest BCUT2D eigenvalue weighted by atomic mass is 35.5. The number of benzene rings is 1. The zero-order valence-electron chi connectivity index (χ0n) is 16.5. The van der Waals surface area contributed by atoms with Gasteiger partial charge in [-0.2, -0.15) is 0 Å². The number of aromatic nitrogens is 2. The molecule has 30 heavy (non-hydrogen) atoms. The van der Waals surface area contributed by atoms with Gasteiger partial charge in [-0.1, -0.05) is 29.8 Å². The van der Waals surface area contributed by atoms with Gasteiger partial charge in [0.15, 0.2) is 5.76 Å². The SMILES string of the molecule is COCCN1C(=O)C(=O)/C(=C(/O)c2c(C)nc3ccccn23)C1c1ccc(Cl)cc1. The number of Topliss-reactive ketones (excluding diaryl/α,β-unsaturated/α-hetero) is 1. The van der Waals surface area contributed by atoms with Crippen LogP contribution in [0, 0.1) is 6.92 Å². The Morgan fingerprint density at radius 3 is 2.63 bits per heavy atom. The van der Waals surface area contributed by atoms with Crippen molar-refractivity contribution in [3.05, 3.63) is 76.2 Å². The van der Waals surface area contributed by atoms with Crippen molar-refractivity contribution in [3.8, 4) is 0 Å². The number of imidazole rings is 1. The molecule has 1 N–H and O–H groups in total. The molecule has 1 unspecified atom stereocenters. The molecule has 154 valence electrons. The molecule has 1 saturated heterocycles. The molecular weight excluding hydrogens is 406 g/mol. The number of amides is 1. The second-order valence-electron chi connectivity index (χ2n) is 7.01. The van der Waals surface area contributed by atoms with Gasteiger partial charge in [0.05, 0.1) is 23.9 Å². The number of fused-ring (bicyclic) bond motifs is 1. The molecule has 1 amide bonds. The maximum Gasteiger partial charge on any atom is 0.295 e. The second-order valence-corrected chi connectivity index (χ2v) is 7.45. The van der Waals surface area contributed by atoms with Crippen LogP contribution in [0.25, 0.3) is 11.4 Å². The number of carbonyl (C=O) groups excluding carboxylic acids is 2. The number of hydrogen-bond donors (Lipinski definition) is 1. The van der Waals surface area contributed by atoms with Gasteiger partial charge in [0.2, 0.25) is 0 Å². The van der Waals surface area contributed by atoms with Crippen molar-refractivity contribution in [3.63, 3.8) is 0 Å². The number of ketones is 1. The maximum absolute atomic E-state index is 13.0. The lowest BCUT2D eigenvalue weighted by Crippen LogP contribution is -2.32. The molecule has 1 aliphatic heterocycles. The number of nitrogens with zero attached hydrogens (tertiary/aromatic N) is 3. The minimum absolute atomic E-state index is 0.0205. The Morgan fingerprint density at radius 1 is 1.20 bits per heavy atom. The first-order valence-electron chi connectivity index (χ1n) is 9.41. The number of ether oxygens (including phenoxy) is 1. The topological polar surface area (TPSA) is 84.1 Å². The summed E-state index contributed by atoms with van der Waals surface area (Å²) in [6.45, 7) is 2.21. The van der Waals surface area contributed by atoms with E-state index >= 15 is 0 Å². The van der Waals surface area contributed by atoms with E-state index in [2.05, 4.69) is 4.98 Å². The summed E-state index contributed by atoms with van der Waals surface area (Å²) in [5, 5.41) is 11.8. The van der Waals surface area contributed by atoms with Crippen molar-refractivity contribution in [2.24, 2.45) is 0 Å². The van der Waals surface area contributed by atoms with E-state index < -0.39 is 17.7 Å². The fraction of sp³-hybridized carbons (Fsp3) is 0.227. The Labute approximate surface area is 178 Å². The first-order chi connectivity index (χ1) is 14.4. The molecule has 1 atom stereocenters. The zero-order chi connectivity index (χ0) is 21.4. The minimum Gasteiger partial charge on any atom is -0.505 e. The number of pyridine rings is 1. The van der Waals surface area contributed by atoms with Crippen LogP contribution in [0.3, 0.4) is 0 Å². The van der Waals surface area contributed by atoms with Crippen LogP contribution in [0.2, 0.25) is 5.02 Å². The molecule has 7 nitrogen and oxygen atoms in total. The van der Waals surface area contributed by atoms with Gasteiger partial charge in [-0.05, 0) is 36.8 Å². The number of likely N-dealkylation sites (tertiary alicyclic amines) is 1. The van der Waals surface area contributed by atoms with Gasteiger partial charge in [0.25, 0.3) is 11.7 Å². The smallest absolute Gasteiger partial charge is 0.295 e. The molecule has 0 spiro atoms. The number of hydrogen-bond acceptors (Lipinski definition) is 5. The molecule has 0 saturated carbocycles. The van der Waals surface area contributed by atoms with Crippen LogP contribution >= 0.6 is 11.6 Å². The minimum atomic E-state index is -0.758. The lowest BCUT2D eigenvalue weighted by atomic mass is 9.96. The number of halogens is 1. The van der Waals surface area contributed by atoms with Gasteiger partial charge in [0, 0.05) is 24.9 Å². The van der Waals surface area contributed by atoms with Gasteiger partial charge in [-0.25, -0.2) is 4.98 Å². The van der Waals surface area contributed by atoms with Crippen LogP contribution in [-0.2, 0) is 14.3 Å². The van der Waals surface area contributed by atoms with E-state index in [1.807, 2.05) is 6.07 Å². The molecule has 0 radical (unpaired) electrons. The first-order valence-corrected chi connectivity index (χ1v) is 9.78. The summed E-state index contributed by atoms with van der Waals surface area (Å²) in [6.07, 6.45) is 1.75. The molecular formula is C22H20ClN3O4.